The van der Waals surface area contributed by atoms with Crippen molar-refractivity contribution in [1.82, 2.24) is 24.8 Å². The first-order chi connectivity index (χ1) is 12.6. The molecule has 26 heavy (non-hydrogen) atoms. The Labute approximate surface area is 152 Å². The van der Waals surface area contributed by atoms with Gasteiger partial charge in [-0.2, -0.15) is 0 Å². The molecule has 0 aliphatic carbocycles. The van der Waals surface area contributed by atoms with Crippen LogP contribution in [0.15, 0.2) is 12.7 Å². The third-order valence-corrected chi connectivity index (χ3v) is 4.66. The van der Waals surface area contributed by atoms with Crippen LogP contribution in [-0.4, -0.2) is 69.0 Å². The lowest BCUT2D eigenvalue weighted by atomic mass is 9.94. The number of fused-ring (bicyclic) bond motifs is 1. The highest BCUT2D eigenvalue weighted by Crippen LogP contribution is 2.26. The van der Waals surface area contributed by atoms with Crippen LogP contribution >= 0.6 is 0 Å². The Hall–Kier alpha value is -2.26. The monoisotopic (exact) mass is 362 g/mol. The highest BCUT2D eigenvalue weighted by atomic mass is 16.5. The molecule has 1 fully saturated rings. The largest absolute Gasteiger partial charge is 0.388 e. The summed E-state index contributed by atoms with van der Waals surface area (Å²) in [6.07, 6.45) is 4.33. The number of hydrogen-bond donors (Lipinski definition) is 2. The van der Waals surface area contributed by atoms with Crippen molar-refractivity contribution in [3.05, 3.63) is 12.7 Å². The Morgan fingerprint density at radius 1 is 1.35 bits per heavy atom. The highest BCUT2D eigenvalue weighted by Gasteiger charge is 2.31. The molecule has 0 unspecified atom stereocenters. The van der Waals surface area contributed by atoms with Gasteiger partial charge in [0.15, 0.2) is 17.0 Å². The molecule has 3 heterocycles. The molecule has 2 aromatic heterocycles. The number of carbonyl (C=O) groups excluding carboxylic acids is 1. The van der Waals surface area contributed by atoms with Gasteiger partial charge in [-0.25, -0.2) is 15.0 Å². The van der Waals surface area contributed by atoms with Crippen molar-refractivity contribution >= 4 is 22.9 Å². The fraction of sp³-hybridized carbons (Fsp3) is 0.647. The van der Waals surface area contributed by atoms with E-state index in [9.17, 15) is 9.90 Å². The molecule has 1 amide bonds. The maximum absolute atomic E-state index is 12.0. The van der Waals surface area contributed by atoms with Gasteiger partial charge in [0.2, 0.25) is 5.91 Å². The van der Waals surface area contributed by atoms with E-state index in [1.165, 1.54) is 6.33 Å². The van der Waals surface area contributed by atoms with E-state index in [1.54, 1.807) is 6.33 Å². The van der Waals surface area contributed by atoms with E-state index in [4.69, 9.17) is 4.74 Å². The summed E-state index contributed by atoms with van der Waals surface area (Å²) in [7, 11) is 0. The molecule has 1 aliphatic rings. The average Bonchev–Trinajstić information content (AvgIpc) is 3.03. The zero-order chi connectivity index (χ0) is 18.6. The lowest BCUT2D eigenvalue weighted by Gasteiger charge is -2.32. The zero-order valence-corrected chi connectivity index (χ0v) is 15.3. The first kappa shape index (κ1) is 18.5. The fourth-order valence-electron chi connectivity index (χ4n) is 3.20. The SMILES string of the molecule is CCNC(=O)CN(CC)c1ncnc2c1ncn2CC1(O)CCOCC1. The normalized spacial score (nSPS) is 16.6. The third kappa shape index (κ3) is 3.94. The van der Waals surface area contributed by atoms with Crippen LogP contribution in [0.25, 0.3) is 11.2 Å². The van der Waals surface area contributed by atoms with Crippen LogP contribution in [0.2, 0.25) is 0 Å². The van der Waals surface area contributed by atoms with E-state index < -0.39 is 5.60 Å². The molecule has 9 nitrogen and oxygen atoms in total. The molecule has 0 aromatic carbocycles. The molecule has 0 spiro atoms. The molecule has 0 saturated carbocycles. The molecule has 142 valence electrons. The number of nitrogens with one attached hydrogen (secondary N) is 1. The lowest BCUT2D eigenvalue weighted by Crippen LogP contribution is -2.40. The van der Waals surface area contributed by atoms with Gasteiger partial charge < -0.3 is 24.6 Å². The van der Waals surface area contributed by atoms with Crippen LogP contribution in [0, 0.1) is 0 Å². The van der Waals surface area contributed by atoms with Crippen molar-refractivity contribution in [2.24, 2.45) is 0 Å². The standard InChI is InChI=1S/C17H26N6O3/c1-3-18-13(24)9-22(4-2)15-14-16(20-11-19-15)23(12-21-14)10-17(25)5-7-26-8-6-17/h11-12,25H,3-10H2,1-2H3,(H,18,24). The second-order valence-corrected chi connectivity index (χ2v) is 6.55. The van der Waals surface area contributed by atoms with Crippen LogP contribution in [-0.2, 0) is 16.1 Å². The van der Waals surface area contributed by atoms with Gasteiger partial charge in [-0.1, -0.05) is 0 Å². The van der Waals surface area contributed by atoms with Crippen LogP contribution < -0.4 is 10.2 Å². The molecule has 0 atom stereocenters. The van der Waals surface area contributed by atoms with Crippen LogP contribution in [0.4, 0.5) is 5.82 Å². The van der Waals surface area contributed by atoms with Crippen molar-refractivity contribution in [1.29, 1.82) is 0 Å². The third-order valence-electron chi connectivity index (χ3n) is 4.66. The number of rotatable bonds is 7. The predicted molar refractivity (Wildman–Crippen MR) is 96.9 cm³/mol. The Morgan fingerprint density at radius 3 is 2.81 bits per heavy atom. The first-order valence-electron chi connectivity index (χ1n) is 9.04. The van der Waals surface area contributed by atoms with Gasteiger partial charge >= 0.3 is 0 Å². The quantitative estimate of drug-likeness (QED) is 0.731. The van der Waals surface area contributed by atoms with Gasteiger partial charge in [0.05, 0.1) is 25.0 Å². The number of aromatic nitrogens is 4. The minimum atomic E-state index is -0.817. The summed E-state index contributed by atoms with van der Waals surface area (Å²) < 4.78 is 7.19. The summed E-state index contributed by atoms with van der Waals surface area (Å²) in [5.74, 6) is 0.568. The lowest BCUT2D eigenvalue weighted by molar-refractivity contribution is -0.119. The van der Waals surface area contributed by atoms with Crippen LogP contribution in [0.1, 0.15) is 26.7 Å². The van der Waals surface area contributed by atoms with Crippen molar-refractivity contribution in [2.75, 3.05) is 37.7 Å². The van der Waals surface area contributed by atoms with Crippen molar-refractivity contribution < 1.29 is 14.6 Å². The smallest absolute Gasteiger partial charge is 0.239 e. The number of amides is 1. The molecule has 3 rings (SSSR count). The van der Waals surface area contributed by atoms with E-state index >= 15 is 0 Å². The maximum Gasteiger partial charge on any atom is 0.239 e. The van der Waals surface area contributed by atoms with Crippen LogP contribution in [0.5, 0.6) is 0 Å². The second-order valence-electron chi connectivity index (χ2n) is 6.55. The number of anilines is 1. The number of ether oxygens (including phenoxy) is 1. The first-order valence-corrected chi connectivity index (χ1v) is 9.04. The Kier molecular flexibility index (Phi) is 5.67. The maximum atomic E-state index is 12.0. The summed E-state index contributed by atoms with van der Waals surface area (Å²) >= 11 is 0. The zero-order valence-electron chi connectivity index (χ0n) is 15.3. The minimum Gasteiger partial charge on any atom is -0.388 e. The van der Waals surface area contributed by atoms with E-state index in [-0.39, 0.29) is 12.5 Å². The summed E-state index contributed by atoms with van der Waals surface area (Å²) in [5.41, 5.74) is 0.473. The van der Waals surface area contributed by atoms with E-state index in [0.29, 0.717) is 62.7 Å². The number of aliphatic hydroxyl groups is 1. The molecule has 0 bridgehead atoms. The number of carbonyl (C=O) groups is 1. The van der Waals surface area contributed by atoms with Crippen molar-refractivity contribution in [2.45, 2.75) is 38.8 Å². The number of nitrogens with zero attached hydrogens (tertiary/aromatic N) is 5. The van der Waals surface area contributed by atoms with Crippen LogP contribution in [0.3, 0.4) is 0 Å². The van der Waals surface area contributed by atoms with E-state index in [0.717, 1.165) is 0 Å². The molecule has 2 aromatic rings. The summed E-state index contributed by atoms with van der Waals surface area (Å²) in [6.45, 7) is 6.80. The predicted octanol–water partition coefficient (Wildman–Crippen LogP) is 0.330. The Morgan fingerprint density at radius 2 is 2.12 bits per heavy atom. The van der Waals surface area contributed by atoms with Gasteiger partial charge in [0.25, 0.3) is 0 Å². The Balaban J connectivity index is 1.86. The molecule has 9 heteroatoms. The summed E-state index contributed by atoms with van der Waals surface area (Å²) in [5, 5.41) is 13.6. The average molecular weight is 362 g/mol. The number of likely N-dealkylation sites (N-methyl/N-ethyl adjacent to an activating group) is 2. The molecule has 1 saturated heterocycles. The van der Waals surface area contributed by atoms with Gasteiger partial charge in [0, 0.05) is 39.1 Å². The fourth-order valence-corrected chi connectivity index (χ4v) is 3.20. The molecule has 0 radical (unpaired) electrons. The molecule has 2 N–H and O–H groups in total. The minimum absolute atomic E-state index is 0.0583. The van der Waals surface area contributed by atoms with E-state index in [1.807, 2.05) is 23.3 Å². The molecule has 1 aliphatic heterocycles. The Bertz CT molecular complexity index is 756. The number of imidazole rings is 1. The number of hydrogen-bond acceptors (Lipinski definition) is 7. The highest BCUT2D eigenvalue weighted by molar-refractivity contribution is 5.87. The topological polar surface area (TPSA) is 105 Å². The van der Waals surface area contributed by atoms with Gasteiger partial charge in [-0.05, 0) is 13.8 Å². The van der Waals surface area contributed by atoms with Gasteiger partial charge in [0.1, 0.15) is 6.33 Å². The summed E-state index contributed by atoms with van der Waals surface area (Å²) in [6, 6.07) is 0. The van der Waals surface area contributed by atoms with Gasteiger partial charge in [-0.3, -0.25) is 4.79 Å². The molecular formula is C17H26N6O3. The van der Waals surface area contributed by atoms with Crippen molar-refractivity contribution in [3.8, 4) is 0 Å². The van der Waals surface area contributed by atoms with Gasteiger partial charge in [-0.15, -0.1) is 0 Å². The van der Waals surface area contributed by atoms with Crippen molar-refractivity contribution in [3.63, 3.8) is 0 Å². The second kappa shape index (κ2) is 7.96. The van der Waals surface area contributed by atoms with E-state index in [2.05, 4.69) is 20.3 Å². The summed E-state index contributed by atoms with van der Waals surface area (Å²) in [4.78, 5) is 27.0. The molecular weight excluding hydrogens is 336 g/mol.